The summed E-state index contributed by atoms with van der Waals surface area (Å²) in [7, 11) is -1.77. The lowest BCUT2D eigenvalue weighted by atomic mass is 10.0. The monoisotopic (exact) mass is 400 g/mol. The minimum Gasteiger partial charge on any atom is -0.481 e. The molecule has 0 amide bonds. The van der Waals surface area contributed by atoms with Crippen molar-refractivity contribution < 1.29 is 14.3 Å². The van der Waals surface area contributed by atoms with Gasteiger partial charge >= 0.3 is 5.97 Å². The van der Waals surface area contributed by atoms with Crippen molar-refractivity contribution in [1.82, 2.24) is 0 Å². The van der Waals surface area contributed by atoms with Crippen LogP contribution < -0.4 is 0 Å². The minimum absolute atomic E-state index is 0.192. The zero-order valence-electron chi connectivity index (χ0n) is 13.1. The minimum atomic E-state index is -1.77. The lowest BCUT2D eigenvalue weighted by Crippen LogP contribution is -2.45. The molecule has 0 radical (unpaired) electrons. The van der Waals surface area contributed by atoms with E-state index in [1.54, 1.807) is 0 Å². The second kappa shape index (κ2) is 7.98. The van der Waals surface area contributed by atoms with E-state index < -0.39 is 14.3 Å². The van der Waals surface area contributed by atoms with Crippen LogP contribution in [0.2, 0.25) is 18.1 Å². The van der Waals surface area contributed by atoms with Crippen molar-refractivity contribution in [2.75, 3.05) is 4.43 Å². The molecule has 0 aliphatic heterocycles. The molecule has 0 fully saturated rings. The Morgan fingerprint density at radius 3 is 2.26 bits per heavy atom. The largest absolute Gasteiger partial charge is 0.481 e. The predicted octanol–water partition coefficient (Wildman–Crippen LogP) is 4.70. The van der Waals surface area contributed by atoms with Gasteiger partial charge in [0.2, 0.25) is 0 Å². The molecule has 0 rings (SSSR count). The molecule has 19 heavy (non-hydrogen) atoms. The highest BCUT2D eigenvalue weighted by Gasteiger charge is 2.39. The first-order chi connectivity index (χ1) is 8.51. The van der Waals surface area contributed by atoms with Crippen LogP contribution in [-0.2, 0) is 9.22 Å². The van der Waals surface area contributed by atoms with Crippen LogP contribution >= 0.6 is 22.6 Å². The third-order valence-electron chi connectivity index (χ3n) is 4.01. The number of halogens is 1. The number of hydrogen-bond donors (Lipinski definition) is 1. The number of hydrogen-bond acceptors (Lipinski definition) is 2. The van der Waals surface area contributed by atoms with Crippen molar-refractivity contribution in [2.45, 2.75) is 71.2 Å². The van der Waals surface area contributed by atoms with Crippen LogP contribution in [0.15, 0.2) is 0 Å². The molecule has 3 nitrogen and oxygen atoms in total. The number of aliphatic carboxylic acids is 1. The SMILES string of the molecule is C[C@@H](CI)[C@H](CCCC(=O)O)O[Si](C)(C)C(C)(C)C. The van der Waals surface area contributed by atoms with Gasteiger partial charge in [-0.3, -0.25) is 4.79 Å². The average Bonchev–Trinajstić information content (AvgIpc) is 2.24. The third kappa shape index (κ3) is 7.08. The second-order valence-electron chi connectivity index (χ2n) is 6.83. The highest BCUT2D eigenvalue weighted by Crippen LogP contribution is 2.38. The van der Waals surface area contributed by atoms with Gasteiger partial charge in [-0.05, 0) is 36.9 Å². The number of alkyl halides is 1. The Kier molecular flexibility index (Phi) is 8.13. The fourth-order valence-corrected chi connectivity index (χ4v) is 3.60. The second-order valence-corrected chi connectivity index (χ2v) is 12.5. The fourth-order valence-electron chi connectivity index (χ4n) is 1.57. The molecule has 0 aromatic heterocycles. The predicted molar refractivity (Wildman–Crippen MR) is 91.6 cm³/mol. The third-order valence-corrected chi connectivity index (χ3v) is 9.90. The molecule has 5 heteroatoms. The van der Waals surface area contributed by atoms with Gasteiger partial charge in [0.15, 0.2) is 8.32 Å². The summed E-state index contributed by atoms with van der Waals surface area (Å²) in [6, 6.07) is 0. The highest BCUT2D eigenvalue weighted by atomic mass is 127. The molecule has 0 bridgehead atoms. The normalized spacial score (nSPS) is 16.2. The average molecular weight is 400 g/mol. The van der Waals surface area contributed by atoms with Crippen molar-refractivity contribution >= 4 is 36.9 Å². The molecule has 0 heterocycles. The Labute approximate surface area is 132 Å². The van der Waals surface area contributed by atoms with Gasteiger partial charge in [-0.2, -0.15) is 0 Å². The van der Waals surface area contributed by atoms with Gasteiger partial charge in [0.05, 0.1) is 0 Å². The summed E-state index contributed by atoms with van der Waals surface area (Å²) in [5.41, 5.74) is 0. The highest BCUT2D eigenvalue weighted by molar-refractivity contribution is 14.1. The fraction of sp³-hybridized carbons (Fsp3) is 0.929. The molecule has 2 atom stereocenters. The molecular formula is C14H29IO3Si. The number of carbonyl (C=O) groups is 1. The Bertz CT molecular complexity index is 287. The van der Waals surface area contributed by atoms with Crippen LogP contribution in [-0.4, -0.2) is 29.9 Å². The van der Waals surface area contributed by atoms with Crippen molar-refractivity contribution in [3.8, 4) is 0 Å². The van der Waals surface area contributed by atoms with Crippen molar-refractivity contribution in [3.63, 3.8) is 0 Å². The van der Waals surface area contributed by atoms with E-state index in [9.17, 15) is 4.79 Å². The van der Waals surface area contributed by atoms with E-state index in [-0.39, 0.29) is 17.6 Å². The molecule has 0 aromatic rings. The van der Waals surface area contributed by atoms with E-state index in [2.05, 4.69) is 63.4 Å². The maximum atomic E-state index is 10.6. The Morgan fingerprint density at radius 2 is 1.89 bits per heavy atom. The Hall–Kier alpha value is 0.377. The summed E-state index contributed by atoms with van der Waals surface area (Å²) < 4.78 is 7.52. The Balaban J connectivity index is 4.64. The lowest BCUT2D eigenvalue weighted by Gasteiger charge is -2.40. The van der Waals surface area contributed by atoms with Crippen molar-refractivity contribution in [1.29, 1.82) is 0 Å². The molecule has 1 N–H and O–H groups in total. The molecule has 0 aliphatic carbocycles. The lowest BCUT2D eigenvalue weighted by molar-refractivity contribution is -0.137. The van der Waals surface area contributed by atoms with E-state index in [0.29, 0.717) is 12.3 Å². The molecule has 0 saturated carbocycles. The molecular weight excluding hydrogens is 371 g/mol. The van der Waals surface area contributed by atoms with Gasteiger partial charge in [-0.15, -0.1) is 0 Å². The number of rotatable bonds is 8. The van der Waals surface area contributed by atoms with Gasteiger partial charge in [0, 0.05) is 17.0 Å². The van der Waals surface area contributed by atoms with Crippen LogP contribution in [0.5, 0.6) is 0 Å². The summed E-state index contributed by atoms with van der Waals surface area (Å²) in [5, 5.41) is 8.95. The van der Waals surface area contributed by atoms with Crippen LogP contribution in [0.25, 0.3) is 0 Å². The van der Waals surface area contributed by atoms with Crippen LogP contribution in [0.1, 0.15) is 47.0 Å². The summed E-state index contributed by atoms with van der Waals surface area (Å²) in [4.78, 5) is 10.6. The topological polar surface area (TPSA) is 46.5 Å². The molecule has 114 valence electrons. The van der Waals surface area contributed by atoms with Crippen LogP contribution in [0, 0.1) is 5.92 Å². The van der Waals surface area contributed by atoms with E-state index in [0.717, 1.165) is 10.8 Å². The first-order valence-corrected chi connectivity index (χ1v) is 11.4. The zero-order valence-corrected chi connectivity index (χ0v) is 16.3. The van der Waals surface area contributed by atoms with Crippen molar-refractivity contribution in [2.24, 2.45) is 5.92 Å². The molecule has 0 spiro atoms. The van der Waals surface area contributed by atoms with E-state index in [1.807, 2.05) is 0 Å². The molecule has 0 aromatic carbocycles. The van der Waals surface area contributed by atoms with Gasteiger partial charge in [-0.1, -0.05) is 50.3 Å². The first kappa shape index (κ1) is 19.4. The van der Waals surface area contributed by atoms with Gasteiger partial charge in [0.1, 0.15) is 0 Å². The van der Waals surface area contributed by atoms with E-state index in [1.165, 1.54) is 0 Å². The zero-order chi connectivity index (χ0) is 15.3. The van der Waals surface area contributed by atoms with E-state index >= 15 is 0 Å². The maximum absolute atomic E-state index is 10.6. The molecule has 0 aliphatic rings. The molecule has 0 unspecified atom stereocenters. The number of carboxylic acid groups (broad SMARTS) is 1. The van der Waals surface area contributed by atoms with Gasteiger partial charge < -0.3 is 9.53 Å². The first-order valence-electron chi connectivity index (χ1n) is 6.97. The smallest absolute Gasteiger partial charge is 0.303 e. The van der Waals surface area contributed by atoms with Crippen molar-refractivity contribution in [3.05, 3.63) is 0 Å². The quantitative estimate of drug-likeness (QED) is 0.365. The summed E-state index contributed by atoms with van der Waals surface area (Å²) in [6.45, 7) is 13.4. The summed E-state index contributed by atoms with van der Waals surface area (Å²) >= 11 is 2.39. The maximum Gasteiger partial charge on any atom is 0.303 e. The van der Waals surface area contributed by atoms with Crippen LogP contribution in [0.3, 0.4) is 0 Å². The Morgan fingerprint density at radius 1 is 1.37 bits per heavy atom. The van der Waals surface area contributed by atoms with Crippen LogP contribution in [0.4, 0.5) is 0 Å². The molecule has 0 saturated heterocycles. The number of carboxylic acids is 1. The summed E-state index contributed by atoms with van der Waals surface area (Å²) in [5.74, 6) is -0.239. The summed E-state index contributed by atoms with van der Waals surface area (Å²) in [6.07, 6.45) is 1.99. The van der Waals surface area contributed by atoms with E-state index in [4.69, 9.17) is 9.53 Å². The van der Waals surface area contributed by atoms with Gasteiger partial charge in [0.25, 0.3) is 0 Å². The standard InChI is InChI=1S/C14H29IO3Si/c1-11(10-15)12(8-7-9-13(16)17)18-19(5,6)14(2,3)4/h11-12H,7-10H2,1-6H3,(H,16,17)/t11-,12-/m0/s1. The van der Waals surface area contributed by atoms with Gasteiger partial charge in [-0.25, -0.2) is 0 Å².